The van der Waals surface area contributed by atoms with Gasteiger partial charge in [0, 0.05) is 45.7 Å². The Morgan fingerprint density at radius 1 is 1.35 bits per heavy atom. The maximum Gasteiger partial charge on any atom is 0.387 e. The Balaban J connectivity index is 1.88. The third-order valence-electron chi connectivity index (χ3n) is 4.50. The van der Waals surface area contributed by atoms with Gasteiger partial charge in [0.25, 0.3) is 0 Å². The fourth-order valence-corrected chi connectivity index (χ4v) is 3.08. The van der Waals surface area contributed by atoms with Crippen molar-refractivity contribution in [2.24, 2.45) is 10.9 Å². The molecular weight excluding hydrogens is 342 g/mol. The number of nitrogens with zero attached hydrogens (tertiary/aromatic N) is 2. The van der Waals surface area contributed by atoms with Crippen molar-refractivity contribution in [1.29, 1.82) is 0 Å². The van der Waals surface area contributed by atoms with Gasteiger partial charge in [-0.1, -0.05) is 18.2 Å². The maximum absolute atomic E-state index is 12.5. The summed E-state index contributed by atoms with van der Waals surface area (Å²) in [5.74, 6) is 1.33. The van der Waals surface area contributed by atoms with E-state index in [1.54, 1.807) is 32.3 Å². The number of aliphatic imine (C=N–C) groups is 1. The van der Waals surface area contributed by atoms with Crippen LogP contribution in [0.1, 0.15) is 24.8 Å². The molecule has 0 aromatic heterocycles. The van der Waals surface area contributed by atoms with E-state index < -0.39 is 6.61 Å². The van der Waals surface area contributed by atoms with Gasteiger partial charge < -0.3 is 20.3 Å². The van der Waals surface area contributed by atoms with Gasteiger partial charge in [0.1, 0.15) is 5.75 Å². The molecule has 2 N–H and O–H groups in total. The molecule has 1 saturated heterocycles. The molecule has 1 aromatic rings. The van der Waals surface area contributed by atoms with Crippen LogP contribution in [0.15, 0.2) is 29.3 Å². The molecule has 0 spiro atoms. The summed E-state index contributed by atoms with van der Waals surface area (Å²) in [5.41, 5.74) is 0.642. The minimum absolute atomic E-state index is 0.0709. The lowest BCUT2D eigenvalue weighted by Crippen LogP contribution is -2.45. The number of alkyl halides is 2. The third kappa shape index (κ3) is 5.86. The number of hydrogen-bond donors (Lipinski definition) is 2. The average molecular weight is 368 g/mol. The highest BCUT2D eigenvalue weighted by Crippen LogP contribution is 2.22. The van der Waals surface area contributed by atoms with Crippen LogP contribution in [0.4, 0.5) is 8.78 Å². The number of benzene rings is 1. The molecule has 1 heterocycles. The number of carbonyl (C=O) groups is 1. The molecule has 144 valence electrons. The highest BCUT2D eigenvalue weighted by atomic mass is 19.3. The highest BCUT2D eigenvalue weighted by Gasteiger charge is 2.23. The maximum atomic E-state index is 12.5. The summed E-state index contributed by atoms with van der Waals surface area (Å²) in [5, 5.41) is 5.87. The number of ether oxygens (including phenoxy) is 1. The second kappa shape index (κ2) is 9.94. The molecule has 0 aliphatic carbocycles. The van der Waals surface area contributed by atoms with Crippen molar-refractivity contribution in [2.45, 2.75) is 32.4 Å². The molecule has 0 bridgehead atoms. The van der Waals surface area contributed by atoms with Crippen LogP contribution in [-0.2, 0) is 11.3 Å². The van der Waals surface area contributed by atoms with Crippen LogP contribution in [0, 0.1) is 5.92 Å². The molecule has 1 amide bonds. The number of nitrogens with one attached hydrogen (secondary N) is 2. The molecular formula is C18H26F2N4O2. The zero-order chi connectivity index (χ0) is 18.9. The van der Waals surface area contributed by atoms with Gasteiger partial charge in [-0.25, -0.2) is 0 Å². The first-order valence-corrected chi connectivity index (χ1v) is 8.72. The number of guanidine groups is 1. The van der Waals surface area contributed by atoms with Gasteiger partial charge >= 0.3 is 6.61 Å². The van der Waals surface area contributed by atoms with Gasteiger partial charge in [0.05, 0.1) is 0 Å². The molecule has 26 heavy (non-hydrogen) atoms. The summed E-state index contributed by atoms with van der Waals surface area (Å²) in [6.07, 6.45) is 2.38. The first-order chi connectivity index (χ1) is 12.5. The molecule has 0 atom stereocenters. The van der Waals surface area contributed by atoms with Crippen LogP contribution < -0.4 is 15.4 Å². The van der Waals surface area contributed by atoms with Gasteiger partial charge in [-0.2, -0.15) is 8.78 Å². The summed E-state index contributed by atoms with van der Waals surface area (Å²) in [6.45, 7) is -0.907. The number of halogens is 2. The molecule has 0 unspecified atom stereocenters. The molecule has 2 rings (SSSR count). The van der Waals surface area contributed by atoms with Crippen molar-refractivity contribution < 1.29 is 18.3 Å². The monoisotopic (exact) mass is 368 g/mol. The second-order valence-electron chi connectivity index (χ2n) is 6.19. The van der Waals surface area contributed by atoms with E-state index in [1.807, 2.05) is 0 Å². The van der Waals surface area contributed by atoms with Gasteiger partial charge in [-0.15, -0.1) is 0 Å². The second-order valence-corrected chi connectivity index (χ2v) is 6.19. The van der Waals surface area contributed by atoms with Crippen LogP contribution in [0.5, 0.6) is 5.75 Å². The predicted octanol–water partition coefficient (Wildman–Crippen LogP) is 2.21. The molecule has 1 fully saturated rings. The van der Waals surface area contributed by atoms with Gasteiger partial charge in [-0.05, 0) is 24.8 Å². The quantitative estimate of drug-likeness (QED) is 0.597. The number of amides is 1. The van der Waals surface area contributed by atoms with Crippen molar-refractivity contribution in [2.75, 3.05) is 27.2 Å². The standard InChI is InChI=1S/C18H26F2N4O2/c1-21-16(25)11-13-7-9-24(10-8-13)18(22-2)23-12-14-5-3-4-6-15(14)26-17(19)20/h3-6,13,17H,7-12H2,1-2H3,(H,21,25)(H,22,23). The lowest BCUT2D eigenvalue weighted by atomic mass is 9.93. The van der Waals surface area contributed by atoms with Gasteiger partial charge in [-0.3, -0.25) is 9.79 Å². The van der Waals surface area contributed by atoms with Crippen molar-refractivity contribution in [3.63, 3.8) is 0 Å². The smallest absolute Gasteiger partial charge is 0.387 e. The minimum atomic E-state index is -2.85. The normalized spacial score (nSPS) is 15.9. The topological polar surface area (TPSA) is 66.0 Å². The number of piperidine rings is 1. The molecule has 1 aliphatic heterocycles. The van der Waals surface area contributed by atoms with Crippen molar-refractivity contribution in [1.82, 2.24) is 15.5 Å². The Morgan fingerprint density at radius 3 is 2.65 bits per heavy atom. The molecule has 1 aromatic carbocycles. The average Bonchev–Trinajstić information content (AvgIpc) is 2.64. The first kappa shape index (κ1) is 19.9. The Kier molecular flexibility index (Phi) is 7.62. The van der Waals surface area contributed by atoms with Crippen molar-refractivity contribution >= 4 is 11.9 Å². The van der Waals surface area contributed by atoms with E-state index in [2.05, 4.69) is 25.3 Å². The van der Waals surface area contributed by atoms with Crippen LogP contribution in [0.25, 0.3) is 0 Å². The fourth-order valence-electron chi connectivity index (χ4n) is 3.08. The molecule has 0 saturated carbocycles. The third-order valence-corrected chi connectivity index (χ3v) is 4.50. The summed E-state index contributed by atoms with van der Waals surface area (Å²) >= 11 is 0. The van der Waals surface area contributed by atoms with Gasteiger partial charge in [0.15, 0.2) is 5.96 Å². The van der Waals surface area contributed by atoms with E-state index in [9.17, 15) is 13.6 Å². The van der Waals surface area contributed by atoms with Crippen LogP contribution >= 0.6 is 0 Å². The lowest BCUT2D eigenvalue weighted by Gasteiger charge is -2.34. The highest BCUT2D eigenvalue weighted by molar-refractivity contribution is 5.80. The Hall–Kier alpha value is -2.38. The molecule has 6 nitrogen and oxygen atoms in total. The summed E-state index contributed by atoms with van der Waals surface area (Å²) in [4.78, 5) is 17.9. The zero-order valence-corrected chi connectivity index (χ0v) is 15.2. The summed E-state index contributed by atoms with van der Waals surface area (Å²) < 4.78 is 29.6. The summed E-state index contributed by atoms with van der Waals surface area (Å²) in [6, 6.07) is 6.71. The summed E-state index contributed by atoms with van der Waals surface area (Å²) in [7, 11) is 3.35. The molecule has 8 heteroatoms. The van der Waals surface area contributed by atoms with E-state index in [4.69, 9.17) is 0 Å². The Morgan fingerprint density at radius 2 is 2.04 bits per heavy atom. The van der Waals surface area contributed by atoms with E-state index in [-0.39, 0.29) is 11.7 Å². The lowest BCUT2D eigenvalue weighted by molar-refractivity contribution is -0.121. The minimum Gasteiger partial charge on any atom is -0.434 e. The fraction of sp³-hybridized carbons (Fsp3) is 0.556. The zero-order valence-electron chi connectivity index (χ0n) is 15.2. The van der Waals surface area contributed by atoms with Crippen LogP contribution in [-0.4, -0.2) is 50.6 Å². The van der Waals surface area contributed by atoms with E-state index in [0.29, 0.717) is 24.4 Å². The number of para-hydroxylation sites is 1. The molecule has 1 aliphatic rings. The van der Waals surface area contributed by atoms with Crippen LogP contribution in [0.3, 0.4) is 0 Å². The number of likely N-dealkylation sites (tertiary alicyclic amines) is 1. The van der Waals surface area contributed by atoms with E-state index in [0.717, 1.165) is 31.9 Å². The number of carbonyl (C=O) groups excluding carboxylic acids is 1. The first-order valence-electron chi connectivity index (χ1n) is 8.72. The van der Waals surface area contributed by atoms with E-state index in [1.165, 1.54) is 6.07 Å². The van der Waals surface area contributed by atoms with Crippen molar-refractivity contribution in [3.8, 4) is 5.75 Å². The molecule has 0 radical (unpaired) electrons. The van der Waals surface area contributed by atoms with Crippen LogP contribution in [0.2, 0.25) is 0 Å². The van der Waals surface area contributed by atoms with E-state index >= 15 is 0 Å². The van der Waals surface area contributed by atoms with Crippen molar-refractivity contribution in [3.05, 3.63) is 29.8 Å². The predicted molar refractivity (Wildman–Crippen MR) is 96.3 cm³/mol. The Bertz CT molecular complexity index is 617. The SMILES string of the molecule is CN=C(NCc1ccccc1OC(F)F)N1CCC(CC(=O)NC)CC1. The number of hydrogen-bond acceptors (Lipinski definition) is 3. The van der Waals surface area contributed by atoms with Gasteiger partial charge in [0.2, 0.25) is 5.91 Å². The number of rotatable bonds is 6. The Labute approximate surface area is 152 Å². The largest absolute Gasteiger partial charge is 0.434 e.